The van der Waals surface area contributed by atoms with Crippen LogP contribution in [0, 0.1) is 5.95 Å². The molecule has 5 nitrogen and oxygen atoms in total. The van der Waals surface area contributed by atoms with E-state index in [1.165, 1.54) is 0 Å². The van der Waals surface area contributed by atoms with E-state index in [0.717, 1.165) is 13.1 Å². The highest BCUT2D eigenvalue weighted by Crippen LogP contribution is 2.52. The molecule has 0 unspecified atom stereocenters. The second-order valence-corrected chi connectivity index (χ2v) is 5.46. The summed E-state index contributed by atoms with van der Waals surface area (Å²) in [6.45, 7) is 3.04. The predicted molar refractivity (Wildman–Crippen MR) is 80.9 cm³/mol. The predicted octanol–water partition coefficient (Wildman–Crippen LogP) is 3.18. The quantitative estimate of drug-likeness (QED) is 0.698. The van der Waals surface area contributed by atoms with E-state index in [0.29, 0.717) is 36.2 Å². The number of hydrogen-bond donors (Lipinski definition) is 1. The van der Waals surface area contributed by atoms with Gasteiger partial charge in [-0.2, -0.15) is 9.37 Å². The molecule has 0 spiro atoms. The summed E-state index contributed by atoms with van der Waals surface area (Å²) in [5.41, 5.74) is 0. The zero-order valence-electron chi connectivity index (χ0n) is 11.6. The third kappa shape index (κ3) is 2.15. The topological polar surface area (TPSA) is 46.6 Å². The molecule has 0 radical (unpaired) electrons. The number of piperazine rings is 1. The van der Waals surface area contributed by atoms with E-state index in [1.54, 1.807) is 12.1 Å². The first-order valence-electron chi connectivity index (χ1n) is 7.03. The lowest BCUT2D eigenvalue weighted by atomic mass is 10.2. The highest BCUT2D eigenvalue weighted by atomic mass is 35.5. The van der Waals surface area contributed by atoms with Gasteiger partial charge in [0.05, 0.1) is 0 Å². The summed E-state index contributed by atoms with van der Waals surface area (Å²) >= 11 is 6.02. The molecule has 114 valence electrons. The zero-order valence-corrected chi connectivity index (χ0v) is 12.4. The minimum atomic E-state index is -0.753. The van der Waals surface area contributed by atoms with Gasteiger partial charge in [0.15, 0.2) is 23.1 Å². The van der Waals surface area contributed by atoms with Crippen molar-refractivity contribution in [3.8, 4) is 23.0 Å². The normalized spacial score (nSPS) is 16.4. The highest BCUT2D eigenvalue weighted by molar-refractivity contribution is 6.32. The van der Waals surface area contributed by atoms with Crippen LogP contribution in [0.4, 0.5) is 10.2 Å². The lowest BCUT2D eigenvalue weighted by Gasteiger charge is -2.31. The van der Waals surface area contributed by atoms with Gasteiger partial charge in [-0.1, -0.05) is 23.7 Å². The standard InChI is InChI=1S/C15H13ClFN3O2/c16-11-12-13(22-10-4-2-1-3-9(10)21-12)15(19-14(11)17)20-7-5-18-6-8-20/h1-4,18H,5-8H2. The van der Waals surface area contributed by atoms with E-state index in [-0.39, 0.29) is 10.8 Å². The second-order valence-electron chi connectivity index (χ2n) is 5.09. The maximum atomic E-state index is 14.1. The molecule has 2 aromatic rings. The molecule has 2 aliphatic heterocycles. The number of nitrogens with one attached hydrogen (secondary N) is 1. The number of nitrogens with zero attached hydrogens (tertiary/aromatic N) is 2. The highest BCUT2D eigenvalue weighted by Gasteiger charge is 2.30. The van der Waals surface area contributed by atoms with Crippen LogP contribution < -0.4 is 19.7 Å². The minimum absolute atomic E-state index is 0.164. The van der Waals surface area contributed by atoms with Crippen molar-refractivity contribution in [2.24, 2.45) is 0 Å². The molecule has 0 bridgehead atoms. The SMILES string of the molecule is Fc1nc(N2CCNCC2)c2c(c1Cl)Oc1ccccc1O2. The molecule has 1 aromatic carbocycles. The summed E-state index contributed by atoms with van der Waals surface area (Å²) in [4.78, 5) is 5.94. The van der Waals surface area contributed by atoms with Crippen LogP contribution in [0.3, 0.4) is 0 Å². The molecule has 0 amide bonds. The van der Waals surface area contributed by atoms with E-state index in [2.05, 4.69) is 10.3 Å². The lowest BCUT2D eigenvalue weighted by molar-refractivity contribution is 0.353. The first-order valence-corrected chi connectivity index (χ1v) is 7.41. The molecule has 3 heterocycles. The Labute approximate surface area is 131 Å². The fourth-order valence-corrected chi connectivity index (χ4v) is 2.77. The van der Waals surface area contributed by atoms with Gasteiger partial charge in [0.25, 0.3) is 0 Å². The zero-order chi connectivity index (χ0) is 15.1. The van der Waals surface area contributed by atoms with Gasteiger partial charge in [0, 0.05) is 26.2 Å². The van der Waals surface area contributed by atoms with Crippen LogP contribution in [0.25, 0.3) is 0 Å². The van der Waals surface area contributed by atoms with Crippen LogP contribution in [0.5, 0.6) is 23.0 Å². The van der Waals surface area contributed by atoms with E-state index in [1.807, 2.05) is 17.0 Å². The summed E-state index contributed by atoms with van der Waals surface area (Å²) in [6, 6.07) is 7.20. The Morgan fingerprint density at radius 3 is 2.41 bits per heavy atom. The van der Waals surface area contributed by atoms with Crippen LogP contribution in [0.1, 0.15) is 0 Å². The third-order valence-corrected chi connectivity index (χ3v) is 4.01. The number of benzene rings is 1. The van der Waals surface area contributed by atoms with Crippen LogP contribution in [-0.4, -0.2) is 31.2 Å². The molecule has 0 atom stereocenters. The number of hydrogen-bond acceptors (Lipinski definition) is 5. The molecular formula is C15H13ClFN3O2. The van der Waals surface area contributed by atoms with Crippen LogP contribution in [-0.2, 0) is 0 Å². The van der Waals surface area contributed by atoms with Crippen molar-refractivity contribution >= 4 is 17.4 Å². The van der Waals surface area contributed by atoms with Gasteiger partial charge >= 0.3 is 0 Å². The van der Waals surface area contributed by atoms with E-state index in [4.69, 9.17) is 21.1 Å². The first kappa shape index (κ1) is 13.6. The van der Waals surface area contributed by atoms with E-state index >= 15 is 0 Å². The molecule has 1 aromatic heterocycles. The molecular weight excluding hydrogens is 309 g/mol. The Hall–Kier alpha value is -2.05. The molecule has 4 rings (SSSR count). The summed E-state index contributed by atoms with van der Waals surface area (Å²) in [5, 5.41) is 3.08. The van der Waals surface area contributed by atoms with Crippen molar-refractivity contribution in [1.29, 1.82) is 0 Å². The molecule has 1 fully saturated rings. The molecule has 0 saturated carbocycles. The number of halogens is 2. The van der Waals surface area contributed by atoms with Gasteiger partial charge in [-0.3, -0.25) is 0 Å². The minimum Gasteiger partial charge on any atom is -0.448 e. The van der Waals surface area contributed by atoms with Gasteiger partial charge in [-0.25, -0.2) is 0 Å². The summed E-state index contributed by atoms with van der Waals surface area (Å²) in [6.07, 6.45) is 0. The van der Waals surface area contributed by atoms with Crippen molar-refractivity contribution in [1.82, 2.24) is 10.3 Å². The Morgan fingerprint density at radius 2 is 1.73 bits per heavy atom. The maximum Gasteiger partial charge on any atom is 0.237 e. The summed E-state index contributed by atoms with van der Waals surface area (Å²) in [7, 11) is 0. The molecule has 1 N–H and O–H groups in total. The van der Waals surface area contributed by atoms with Gasteiger partial charge in [-0.15, -0.1) is 0 Å². The van der Waals surface area contributed by atoms with Crippen molar-refractivity contribution in [3.63, 3.8) is 0 Å². The number of aromatic nitrogens is 1. The lowest BCUT2D eigenvalue weighted by Crippen LogP contribution is -2.44. The fourth-order valence-electron chi connectivity index (χ4n) is 2.60. The molecule has 7 heteroatoms. The summed E-state index contributed by atoms with van der Waals surface area (Å²) < 4.78 is 25.7. The molecule has 2 aliphatic rings. The maximum absolute atomic E-state index is 14.1. The van der Waals surface area contributed by atoms with Gasteiger partial charge in [0.1, 0.15) is 5.02 Å². The van der Waals surface area contributed by atoms with Crippen LogP contribution in [0.2, 0.25) is 5.02 Å². The van der Waals surface area contributed by atoms with Gasteiger partial charge in [0.2, 0.25) is 11.7 Å². The number of rotatable bonds is 1. The Bertz CT molecular complexity index is 735. The van der Waals surface area contributed by atoms with Crippen molar-refractivity contribution in [3.05, 3.63) is 35.2 Å². The van der Waals surface area contributed by atoms with Crippen LogP contribution in [0.15, 0.2) is 24.3 Å². The number of para-hydroxylation sites is 2. The largest absolute Gasteiger partial charge is 0.448 e. The average Bonchev–Trinajstić information content (AvgIpc) is 2.57. The third-order valence-electron chi connectivity index (χ3n) is 3.68. The molecule has 0 aliphatic carbocycles. The van der Waals surface area contributed by atoms with Crippen molar-refractivity contribution < 1.29 is 13.9 Å². The summed E-state index contributed by atoms with van der Waals surface area (Å²) in [5.74, 6) is 1.29. The first-order chi connectivity index (χ1) is 10.7. The van der Waals surface area contributed by atoms with Crippen molar-refractivity contribution in [2.75, 3.05) is 31.1 Å². The van der Waals surface area contributed by atoms with Crippen molar-refractivity contribution in [2.45, 2.75) is 0 Å². The molecule has 1 saturated heterocycles. The van der Waals surface area contributed by atoms with E-state index in [9.17, 15) is 4.39 Å². The Balaban J connectivity index is 1.83. The second kappa shape index (κ2) is 5.30. The number of fused-ring (bicyclic) bond motifs is 2. The van der Waals surface area contributed by atoms with Gasteiger partial charge < -0.3 is 19.7 Å². The monoisotopic (exact) mass is 321 g/mol. The molecule has 22 heavy (non-hydrogen) atoms. The average molecular weight is 322 g/mol. The number of pyridine rings is 1. The van der Waals surface area contributed by atoms with Gasteiger partial charge in [-0.05, 0) is 12.1 Å². The van der Waals surface area contributed by atoms with E-state index < -0.39 is 5.95 Å². The Kier molecular flexibility index (Phi) is 3.28. The number of anilines is 1. The number of ether oxygens (including phenoxy) is 2. The van der Waals surface area contributed by atoms with Crippen LogP contribution >= 0.6 is 11.6 Å². The smallest absolute Gasteiger partial charge is 0.237 e. The Morgan fingerprint density at radius 1 is 1.09 bits per heavy atom. The fraction of sp³-hybridized carbons (Fsp3) is 0.267.